The molecule has 2 aliphatic heterocycles. The molecular formula is C14H19ClN2O2S. The van der Waals surface area contributed by atoms with Crippen LogP contribution in [0.5, 0.6) is 0 Å². The molecule has 2 saturated heterocycles. The fraction of sp³-hybridized carbons (Fsp3) is 0.643. The molecule has 3 rings (SSSR count). The van der Waals surface area contributed by atoms with Gasteiger partial charge in [0.2, 0.25) is 5.91 Å². The van der Waals surface area contributed by atoms with Gasteiger partial charge in [-0.05, 0) is 25.0 Å². The number of halogens is 1. The second kappa shape index (κ2) is 6.02. The topological polar surface area (TPSA) is 41.6 Å². The second-order valence-corrected chi connectivity index (χ2v) is 7.34. The Morgan fingerprint density at radius 3 is 2.90 bits per heavy atom. The molecule has 0 bridgehead atoms. The van der Waals surface area contributed by atoms with Gasteiger partial charge in [-0.2, -0.15) is 0 Å². The van der Waals surface area contributed by atoms with Gasteiger partial charge in [0, 0.05) is 37.5 Å². The van der Waals surface area contributed by atoms with E-state index < -0.39 is 0 Å². The molecule has 110 valence electrons. The van der Waals surface area contributed by atoms with Crippen molar-refractivity contribution in [3.63, 3.8) is 0 Å². The predicted octanol–water partition coefficient (Wildman–Crippen LogP) is 2.27. The first-order valence-corrected chi connectivity index (χ1v) is 8.22. The normalized spacial score (nSPS) is 23.6. The minimum absolute atomic E-state index is 0.109. The summed E-state index contributed by atoms with van der Waals surface area (Å²) in [5, 5.41) is 2.98. The predicted molar refractivity (Wildman–Crippen MR) is 80.1 cm³/mol. The molecule has 0 saturated carbocycles. The van der Waals surface area contributed by atoms with Crippen molar-refractivity contribution in [2.45, 2.75) is 31.4 Å². The molecule has 1 amide bonds. The van der Waals surface area contributed by atoms with Crippen LogP contribution in [0.25, 0.3) is 0 Å². The van der Waals surface area contributed by atoms with E-state index in [9.17, 15) is 4.79 Å². The number of nitrogens with one attached hydrogen (secondary N) is 1. The van der Waals surface area contributed by atoms with Crippen LogP contribution in [0.1, 0.15) is 24.1 Å². The van der Waals surface area contributed by atoms with Crippen molar-refractivity contribution in [1.82, 2.24) is 10.2 Å². The number of carbonyl (C=O) groups excluding carboxylic acids is 1. The fourth-order valence-electron chi connectivity index (χ4n) is 2.86. The molecule has 0 unspecified atom stereocenters. The Labute approximate surface area is 128 Å². The number of ether oxygens (including phenoxy) is 1. The van der Waals surface area contributed by atoms with Crippen molar-refractivity contribution in [3.05, 3.63) is 21.3 Å². The lowest BCUT2D eigenvalue weighted by Gasteiger charge is -2.40. The lowest BCUT2D eigenvalue weighted by atomic mass is 9.91. The first-order valence-electron chi connectivity index (χ1n) is 7.02. The van der Waals surface area contributed by atoms with E-state index in [0.29, 0.717) is 19.6 Å². The molecular weight excluding hydrogens is 296 g/mol. The summed E-state index contributed by atoms with van der Waals surface area (Å²) >= 11 is 7.61. The van der Waals surface area contributed by atoms with Crippen LogP contribution in [-0.2, 0) is 16.1 Å². The maximum atomic E-state index is 11.4. The highest BCUT2D eigenvalue weighted by Gasteiger charge is 2.37. The quantitative estimate of drug-likeness (QED) is 0.910. The van der Waals surface area contributed by atoms with E-state index in [2.05, 4.69) is 16.3 Å². The average molecular weight is 315 g/mol. The third kappa shape index (κ3) is 3.34. The molecule has 0 aromatic carbocycles. The number of amides is 1. The number of nitrogens with zero attached hydrogens (tertiary/aromatic N) is 1. The summed E-state index contributed by atoms with van der Waals surface area (Å²) in [5.41, 5.74) is -0.143. The zero-order chi connectivity index (χ0) is 14.0. The molecule has 0 atom stereocenters. The van der Waals surface area contributed by atoms with E-state index in [1.807, 2.05) is 6.07 Å². The van der Waals surface area contributed by atoms with Crippen LogP contribution in [0.3, 0.4) is 0 Å². The van der Waals surface area contributed by atoms with Gasteiger partial charge in [-0.15, -0.1) is 11.3 Å². The molecule has 1 aromatic rings. The van der Waals surface area contributed by atoms with E-state index in [1.165, 1.54) is 4.88 Å². The number of carbonyl (C=O) groups is 1. The zero-order valence-corrected chi connectivity index (χ0v) is 12.9. The average Bonchev–Trinajstić information content (AvgIpc) is 2.75. The van der Waals surface area contributed by atoms with E-state index in [0.717, 1.165) is 36.8 Å². The Hall–Kier alpha value is -0.620. The van der Waals surface area contributed by atoms with Crippen molar-refractivity contribution in [2.24, 2.45) is 0 Å². The Morgan fingerprint density at radius 2 is 2.20 bits per heavy atom. The minimum Gasteiger partial charge on any atom is -0.373 e. The standard InChI is InChI=1S/C14H19ClN2O2S/c15-12-2-1-11(20-12)9-17-6-4-14(5-7-17)10-16-13(18)3-8-19-14/h1-2H,3-10H2,(H,16,18). The summed E-state index contributed by atoms with van der Waals surface area (Å²) < 4.78 is 6.83. The number of hydrogen-bond acceptors (Lipinski definition) is 4. The van der Waals surface area contributed by atoms with Crippen LogP contribution in [0.15, 0.2) is 12.1 Å². The Morgan fingerprint density at radius 1 is 1.40 bits per heavy atom. The van der Waals surface area contributed by atoms with E-state index >= 15 is 0 Å². The van der Waals surface area contributed by atoms with Crippen LogP contribution in [0.4, 0.5) is 0 Å². The van der Waals surface area contributed by atoms with Gasteiger partial charge in [-0.25, -0.2) is 0 Å². The number of likely N-dealkylation sites (tertiary alicyclic amines) is 1. The van der Waals surface area contributed by atoms with Crippen LogP contribution in [-0.4, -0.2) is 42.6 Å². The molecule has 2 fully saturated rings. The molecule has 1 spiro atoms. The highest BCUT2D eigenvalue weighted by atomic mass is 35.5. The summed E-state index contributed by atoms with van der Waals surface area (Å²) in [6.07, 6.45) is 2.44. The van der Waals surface area contributed by atoms with E-state index in [-0.39, 0.29) is 11.5 Å². The number of hydrogen-bond donors (Lipinski definition) is 1. The van der Waals surface area contributed by atoms with Crippen LogP contribution < -0.4 is 5.32 Å². The summed E-state index contributed by atoms with van der Waals surface area (Å²) in [6, 6.07) is 4.05. The molecule has 3 heterocycles. The summed E-state index contributed by atoms with van der Waals surface area (Å²) in [7, 11) is 0. The fourth-order valence-corrected chi connectivity index (χ4v) is 3.99. The molecule has 0 radical (unpaired) electrons. The first kappa shape index (κ1) is 14.3. The lowest BCUT2D eigenvalue weighted by Crippen LogP contribution is -2.50. The summed E-state index contributed by atoms with van der Waals surface area (Å²) in [6.45, 7) is 4.17. The van der Waals surface area contributed by atoms with Crippen LogP contribution >= 0.6 is 22.9 Å². The molecule has 2 aliphatic rings. The second-order valence-electron chi connectivity index (χ2n) is 5.54. The van der Waals surface area contributed by atoms with Crippen molar-refractivity contribution >= 4 is 28.8 Å². The zero-order valence-electron chi connectivity index (χ0n) is 11.4. The molecule has 1 aromatic heterocycles. The summed E-state index contributed by atoms with van der Waals surface area (Å²) in [5.74, 6) is 0.109. The lowest BCUT2D eigenvalue weighted by molar-refractivity contribution is -0.120. The Kier molecular flexibility index (Phi) is 4.31. The maximum Gasteiger partial charge on any atom is 0.222 e. The van der Waals surface area contributed by atoms with Crippen molar-refractivity contribution < 1.29 is 9.53 Å². The largest absolute Gasteiger partial charge is 0.373 e. The van der Waals surface area contributed by atoms with Gasteiger partial charge in [0.1, 0.15) is 0 Å². The van der Waals surface area contributed by atoms with Gasteiger partial charge in [0.05, 0.1) is 16.5 Å². The molecule has 6 heteroatoms. The van der Waals surface area contributed by atoms with Crippen molar-refractivity contribution in [1.29, 1.82) is 0 Å². The van der Waals surface area contributed by atoms with Gasteiger partial charge < -0.3 is 10.1 Å². The molecule has 1 N–H and O–H groups in total. The van der Waals surface area contributed by atoms with Crippen LogP contribution in [0, 0.1) is 0 Å². The summed E-state index contributed by atoms with van der Waals surface area (Å²) in [4.78, 5) is 15.1. The number of thiophene rings is 1. The van der Waals surface area contributed by atoms with E-state index in [4.69, 9.17) is 16.3 Å². The van der Waals surface area contributed by atoms with Crippen LogP contribution in [0.2, 0.25) is 4.34 Å². The number of rotatable bonds is 2. The first-order chi connectivity index (χ1) is 9.65. The minimum atomic E-state index is -0.143. The molecule has 20 heavy (non-hydrogen) atoms. The SMILES string of the molecule is O=C1CCOC2(CCN(Cc3ccc(Cl)s3)CC2)CN1. The third-order valence-corrected chi connectivity index (χ3v) is 5.34. The highest BCUT2D eigenvalue weighted by Crippen LogP contribution is 2.29. The highest BCUT2D eigenvalue weighted by molar-refractivity contribution is 7.16. The van der Waals surface area contributed by atoms with Gasteiger partial charge in [-0.3, -0.25) is 9.69 Å². The number of piperidine rings is 1. The third-order valence-electron chi connectivity index (χ3n) is 4.12. The molecule has 0 aliphatic carbocycles. The van der Waals surface area contributed by atoms with Crippen molar-refractivity contribution in [3.8, 4) is 0 Å². The monoisotopic (exact) mass is 314 g/mol. The Balaban J connectivity index is 1.54. The van der Waals surface area contributed by atoms with E-state index in [1.54, 1.807) is 11.3 Å². The smallest absolute Gasteiger partial charge is 0.222 e. The van der Waals surface area contributed by atoms with Gasteiger partial charge in [0.25, 0.3) is 0 Å². The maximum absolute atomic E-state index is 11.4. The Bertz CT molecular complexity index is 483. The van der Waals surface area contributed by atoms with Gasteiger partial charge >= 0.3 is 0 Å². The molecule has 4 nitrogen and oxygen atoms in total. The van der Waals surface area contributed by atoms with Gasteiger partial charge in [-0.1, -0.05) is 11.6 Å². The van der Waals surface area contributed by atoms with Gasteiger partial charge in [0.15, 0.2) is 0 Å². The van der Waals surface area contributed by atoms with Crippen molar-refractivity contribution in [2.75, 3.05) is 26.2 Å².